The molecule has 1 atom stereocenters. The van der Waals surface area contributed by atoms with Crippen LogP contribution in [-0.4, -0.2) is 50.3 Å². The summed E-state index contributed by atoms with van der Waals surface area (Å²) in [6, 6.07) is 1.69. The lowest BCUT2D eigenvalue weighted by atomic mass is 10.2. The van der Waals surface area contributed by atoms with Crippen molar-refractivity contribution in [1.29, 1.82) is 0 Å². The van der Waals surface area contributed by atoms with Crippen LogP contribution in [0.3, 0.4) is 0 Å². The van der Waals surface area contributed by atoms with Gasteiger partial charge >= 0.3 is 0 Å². The molecule has 18 heavy (non-hydrogen) atoms. The lowest BCUT2D eigenvalue weighted by Gasteiger charge is -2.36. The van der Waals surface area contributed by atoms with Crippen molar-refractivity contribution >= 4 is 21.4 Å². The quantitative estimate of drug-likeness (QED) is 0.881. The van der Waals surface area contributed by atoms with Gasteiger partial charge in [0, 0.05) is 42.5 Å². The Bertz CT molecular complexity index is 512. The maximum absolute atomic E-state index is 12.5. The van der Waals surface area contributed by atoms with Gasteiger partial charge in [-0.2, -0.15) is 4.31 Å². The normalized spacial score (nSPS) is 23.4. The molecular formula is C11H19N3O2S2. The van der Waals surface area contributed by atoms with Gasteiger partial charge in [-0.1, -0.05) is 0 Å². The first-order valence-corrected chi connectivity index (χ1v) is 8.25. The second-order valence-corrected chi connectivity index (χ2v) is 7.57. The lowest BCUT2D eigenvalue weighted by Crippen LogP contribution is -2.52. The van der Waals surface area contributed by atoms with Gasteiger partial charge < -0.3 is 10.6 Å². The molecule has 2 N–H and O–H groups in total. The Hall–Kier alpha value is -0.470. The van der Waals surface area contributed by atoms with E-state index >= 15 is 0 Å². The minimum atomic E-state index is -3.36. The maximum Gasteiger partial charge on any atom is 0.244 e. The van der Waals surface area contributed by atoms with Crippen molar-refractivity contribution in [3.8, 4) is 0 Å². The monoisotopic (exact) mass is 289 g/mol. The number of thiophene rings is 1. The molecule has 1 aliphatic rings. The Labute approximate surface area is 112 Å². The third kappa shape index (κ3) is 2.60. The first kappa shape index (κ1) is 14.0. The predicted octanol–water partition coefficient (Wildman–Crippen LogP) is 0.531. The third-order valence-electron chi connectivity index (χ3n) is 3.21. The fraction of sp³-hybridized carbons (Fsp3) is 0.636. The minimum Gasteiger partial charge on any atom is -0.326 e. The SMILES string of the molecule is CC1CN(C)CCN1S(=O)(=O)c1csc(CN)c1. The van der Waals surface area contributed by atoms with Crippen LogP contribution < -0.4 is 5.73 Å². The van der Waals surface area contributed by atoms with E-state index in [1.54, 1.807) is 15.8 Å². The highest BCUT2D eigenvalue weighted by Gasteiger charge is 2.33. The number of sulfonamides is 1. The molecule has 0 saturated carbocycles. The molecular weight excluding hydrogens is 270 g/mol. The first-order chi connectivity index (χ1) is 8.45. The Morgan fingerprint density at radius 2 is 2.22 bits per heavy atom. The van der Waals surface area contributed by atoms with E-state index < -0.39 is 10.0 Å². The maximum atomic E-state index is 12.5. The summed E-state index contributed by atoms with van der Waals surface area (Å²) < 4.78 is 26.6. The van der Waals surface area contributed by atoms with Gasteiger partial charge in [-0.3, -0.25) is 0 Å². The van der Waals surface area contributed by atoms with Gasteiger partial charge in [-0.15, -0.1) is 11.3 Å². The third-order valence-corrected chi connectivity index (χ3v) is 6.31. The van der Waals surface area contributed by atoms with E-state index in [0.29, 0.717) is 18.0 Å². The lowest BCUT2D eigenvalue weighted by molar-refractivity contribution is 0.170. The molecule has 0 aliphatic carbocycles. The summed E-state index contributed by atoms with van der Waals surface area (Å²) in [6.45, 7) is 4.43. The molecule has 1 aromatic rings. The largest absolute Gasteiger partial charge is 0.326 e. The Morgan fingerprint density at radius 1 is 1.50 bits per heavy atom. The van der Waals surface area contributed by atoms with Gasteiger partial charge in [-0.25, -0.2) is 8.42 Å². The first-order valence-electron chi connectivity index (χ1n) is 5.93. The van der Waals surface area contributed by atoms with Crippen molar-refractivity contribution in [2.45, 2.75) is 24.4 Å². The summed E-state index contributed by atoms with van der Waals surface area (Å²) in [6.07, 6.45) is 0. The van der Waals surface area contributed by atoms with Crippen molar-refractivity contribution in [2.24, 2.45) is 5.73 Å². The van der Waals surface area contributed by atoms with E-state index in [4.69, 9.17) is 5.73 Å². The summed E-state index contributed by atoms with van der Waals surface area (Å²) in [4.78, 5) is 3.43. The highest BCUT2D eigenvalue weighted by atomic mass is 32.2. The zero-order valence-corrected chi connectivity index (χ0v) is 12.3. The average molecular weight is 289 g/mol. The van der Waals surface area contributed by atoms with E-state index in [0.717, 1.165) is 18.0 Å². The van der Waals surface area contributed by atoms with Crippen molar-refractivity contribution < 1.29 is 8.42 Å². The highest BCUT2D eigenvalue weighted by molar-refractivity contribution is 7.89. The number of hydrogen-bond donors (Lipinski definition) is 1. The Morgan fingerprint density at radius 3 is 2.78 bits per heavy atom. The molecule has 2 rings (SSSR count). The van der Waals surface area contributed by atoms with E-state index in [9.17, 15) is 8.42 Å². The van der Waals surface area contributed by atoms with Crippen LogP contribution in [-0.2, 0) is 16.6 Å². The van der Waals surface area contributed by atoms with Crippen molar-refractivity contribution in [3.05, 3.63) is 16.3 Å². The molecule has 2 heterocycles. The molecule has 5 nitrogen and oxygen atoms in total. The number of likely N-dealkylation sites (N-methyl/N-ethyl adjacent to an activating group) is 1. The Balaban J connectivity index is 2.25. The van der Waals surface area contributed by atoms with Crippen LogP contribution in [0.4, 0.5) is 0 Å². The average Bonchev–Trinajstić information content (AvgIpc) is 2.77. The molecule has 1 unspecified atom stereocenters. The summed E-state index contributed by atoms with van der Waals surface area (Å²) >= 11 is 1.40. The Kier molecular flexibility index (Phi) is 4.08. The van der Waals surface area contributed by atoms with Gasteiger partial charge in [0.05, 0.1) is 4.90 Å². The van der Waals surface area contributed by atoms with Crippen LogP contribution in [0.5, 0.6) is 0 Å². The van der Waals surface area contributed by atoms with Gasteiger partial charge in [0.1, 0.15) is 0 Å². The summed E-state index contributed by atoms with van der Waals surface area (Å²) in [7, 11) is -1.35. The molecule has 7 heteroatoms. The molecule has 1 aliphatic heterocycles. The fourth-order valence-corrected chi connectivity index (χ4v) is 4.97. The van der Waals surface area contributed by atoms with E-state index in [-0.39, 0.29) is 6.04 Å². The molecule has 0 amide bonds. The van der Waals surface area contributed by atoms with Crippen LogP contribution in [0.1, 0.15) is 11.8 Å². The van der Waals surface area contributed by atoms with Gasteiger partial charge in [0.2, 0.25) is 10.0 Å². The minimum absolute atomic E-state index is 0.00924. The van der Waals surface area contributed by atoms with Crippen molar-refractivity contribution in [3.63, 3.8) is 0 Å². The van der Waals surface area contributed by atoms with Crippen molar-refractivity contribution in [1.82, 2.24) is 9.21 Å². The van der Waals surface area contributed by atoms with Crippen LogP contribution in [0.15, 0.2) is 16.3 Å². The molecule has 1 saturated heterocycles. The van der Waals surface area contributed by atoms with E-state index in [2.05, 4.69) is 4.90 Å². The van der Waals surface area contributed by atoms with E-state index in [1.165, 1.54) is 11.3 Å². The van der Waals surface area contributed by atoms with E-state index in [1.807, 2.05) is 14.0 Å². The van der Waals surface area contributed by atoms with Gasteiger partial charge in [-0.05, 0) is 20.0 Å². The number of piperazine rings is 1. The highest BCUT2D eigenvalue weighted by Crippen LogP contribution is 2.25. The molecule has 0 spiro atoms. The molecule has 0 aromatic carbocycles. The smallest absolute Gasteiger partial charge is 0.244 e. The van der Waals surface area contributed by atoms with Gasteiger partial charge in [0.15, 0.2) is 0 Å². The topological polar surface area (TPSA) is 66.6 Å². The summed E-state index contributed by atoms with van der Waals surface area (Å²) in [5.74, 6) is 0. The number of nitrogens with two attached hydrogens (primary N) is 1. The standard InChI is InChI=1S/C11H19N3O2S2/c1-9-7-13(2)3-4-14(9)18(15,16)11-5-10(6-12)17-8-11/h5,8-9H,3-4,6-7,12H2,1-2H3. The number of rotatable bonds is 3. The van der Waals surface area contributed by atoms with Crippen LogP contribution >= 0.6 is 11.3 Å². The second kappa shape index (κ2) is 5.26. The molecule has 1 fully saturated rings. The zero-order valence-electron chi connectivity index (χ0n) is 10.7. The molecule has 0 bridgehead atoms. The predicted molar refractivity (Wildman–Crippen MR) is 73.1 cm³/mol. The second-order valence-electron chi connectivity index (χ2n) is 4.68. The molecule has 1 aromatic heterocycles. The summed E-state index contributed by atoms with van der Waals surface area (Å²) in [5.41, 5.74) is 5.53. The fourth-order valence-electron chi connectivity index (χ4n) is 2.22. The molecule has 102 valence electrons. The number of nitrogens with zero attached hydrogens (tertiary/aromatic N) is 2. The van der Waals surface area contributed by atoms with Crippen LogP contribution in [0.25, 0.3) is 0 Å². The molecule has 0 radical (unpaired) electrons. The zero-order chi connectivity index (χ0) is 13.3. The number of hydrogen-bond acceptors (Lipinski definition) is 5. The van der Waals surface area contributed by atoms with Crippen LogP contribution in [0.2, 0.25) is 0 Å². The van der Waals surface area contributed by atoms with Crippen molar-refractivity contribution in [2.75, 3.05) is 26.7 Å². The summed E-state index contributed by atoms with van der Waals surface area (Å²) in [5, 5.41) is 1.68. The van der Waals surface area contributed by atoms with Gasteiger partial charge in [0.25, 0.3) is 0 Å². The van der Waals surface area contributed by atoms with Crippen LogP contribution in [0, 0.1) is 0 Å².